The smallest absolute Gasteiger partial charge is 0.466 e. The van der Waals surface area contributed by atoms with E-state index in [1.54, 1.807) is 0 Å². The lowest BCUT2D eigenvalue weighted by Gasteiger charge is -2.36. The first-order valence-electron chi connectivity index (χ1n) is 27.9. The van der Waals surface area contributed by atoms with E-state index < -0.39 is 8.60 Å². The maximum Gasteiger partial charge on any atom is 0.530 e. The van der Waals surface area contributed by atoms with Gasteiger partial charge in [0, 0.05) is 35.1 Å². The Hall–Kier alpha value is -3.04. The molecule has 70 heavy (non-hydrogen) atoms. The summed E-state index contributed by atoms with van der Waals surface area (Å²) in [5.74, 6) is 2.40. The largest absolute Gasteiger partial charge is 0.530 e. The van der Waals surface area contributed by atoms with Crippen LogP contribution in [0.15, 0.2) is 36.4 Å². The second-order valence-electron chi connectivity index (χ2n) is 27.2. The van der Waals surface area contributed by atoms with Crippen molar-refractivity contribution in [3.63, 3.8) is 0 Å². The molecule has 0 aromatic heterocycles. The fraction of sp³-hybridized carbons (Fsp3) is 0.703. The van der Waals surface area contributed by atoms with Crippen LogP contribution < -0.4 is 13.6 Å². The molecular formula is C64H103O5P. The number of ether oxygens (including phenoxy) is 1. The van der Waals surface area contributed by atoms with Crippen molar-refractivity contribution in [3.8, 4) is 17.2 Å². The van der Waals surface area contributed by atoms with Crippen LogP contribution in [0.1, 0.15) is 291 Å². The molecule has 0 atom stereocenters. The molecule has 0 bridgehead atoms. The van der Waals surface area contributed by atoms with E-state index in [1.165, 1.54) is 101 Å². The SMILES string of the molecule is CCCCCCCCCCCCCCCCCCOC(=O)CCc1cc(C(C)(C)C)c(OP2Oc3c(cc(C(C)(C)C)cc3C(C)(C)C)Cc3cc(C(C)(C)C)cc(C(C)(C)C)c3O2)c(C(C)(C)C)c1. The van der Waals surface area contributed by atoms with Crippen molar-refractivity contribution in [1.82, 2.24) is 0 Å². The van der Waals surface area contributed by atoms with Crippen molar-refractivity contribution in [2.24, 2.45) is 0 Å². The summed E-state index contributed by atoms with van der Waals surface area (Å²) < 4.78 is 27.8. The van der Waals surface area contributed by atoms with Gasteiger partial charge >= 0.3 is 14.6 Å². The second-order valence-corrected chi connectivity index (χ2v) is 28.2. The number of aryl methyl sites for hydroxylation is 1. The van der Waals surface area contributed by atoms with Gasteiger partial charge in [0.2, 0.25) is 0 Å². The number of esters is 1. The summed E-state index contributed by atoms with van der Waals surface area (Å²) in [5.41, 5.74) is 9.37. The van der Waals surface area contributed by atoms with Gasteiger partial charge in [0.05, 0.1) is 6.61 Å². The normalized spacial score (nSPS) is 14.0. The molecule has 0 unspecified atom stereocenters. The maximum absolute atomic E-state index is 13.2. The number of carbonyl (C=O) groups excluding carboxylic acids is 1. The third-order valence-electron chi connectivity index (χ3n) is 14.2. The van der Waals surface area contributed by atoms with Gasteiger partial charge in [-0.25, -0.2) is 0 Å². The van der Waals surface area contributed by atoms with E-state index in [-0.39, 0.29) is 38.5 Å². The maximum atomic E-state index is 13.2. The molecule has 5 nitrogen and oxygen atoms in total. The molecule has 0 saturated heterocycles. The van der Waals surface area contributed by atoms with E-state index in [0.29, 0.717) is 25.9 Å². The van der Waals surface area contributed by atoms with E-state index in [4.69, 9.17) is 18.3 Å². The van der Waals surface area contributed by atoms with Crippen LogP contribution in [0.2, 0.25) is 0 Å². The molecule has 0 aliphatic carbocycles. The third-order valence-corrected chi connectivity index (χ3v) is 15.2. The molecule has 6 heteroatoms. The number of hydrogen-bond donors (Lipinski definition) is 0. The van der Waals surface area contributed by atoms with Gasteiger partial charge < -0.3 is 18.3 Å². The van der Waals surface area contributed by atoms with E-state index in [9.17, 15) is 4.79 Å². The Morgan fingerprint density at radius 3 is 1.17 bits per heavy atom. The Labute approximate surface area is 432 Å². The first-order chi connectivity index (χ1) is 32.4. The molecule has 0 spiro atoms. The van der Waals surface area contributed by atoms with E-state index in [2.05, 4.69) is 168 Å². The quantitative estimate of drug-likeness (QED) is 0.0570. The highest BCUT2D eigenvalue weighted by Gasteiger charge is 2.38. The van der Waals surface area contributed by atoms with Crippen LogP contribution in [-0.4, -0.2) is 12.6 Å². The molecule has 1 heterocycles. The fourth-order valence-electron chi connectivity index (χ4n) is 9.52. The second kappa shape index (κ2) is 25.3. The molecule has 1 aliphatic rings. The van der Waals surface area contributed by atoms with Gasteiger partial charge in [-0.15, -0.1) is 0 Å². The van der Waals surface area contributed by atoms with E-state index in [0.717, 1.165) is 69.0 Å². The third kappa shape index (κ3) is 18.2. The summed E-state index contributed by atoms with van der Waals surface area (Å²) in [6.45, 7) is 43.7. The average Bonchev–Trinajstić information content (AvgIpc) is 3.22. The van der Waals surface area contributed by atoms with Crippen LogP contribution in [-0.2, 0) is 54.9 Å². The Morgan fingerprint density at radius 2 is 0.829 bits per heavy atom. The van der Waals surface area contributed by atoms with Crippen LogP contribution >= 0.6 is 8.60 Å². The lowest BCUT2D eigenvalue weighted by molar-refractivity contribution is -0.143. The van der Waals surface area contributed by atoms with E-state index in [1.807, 2.05) is 0 Å². The highest BCUT2D eigenvalue weighted by molar-refractivity contribution is 7.43. The molecule has 3 aromatic rings. The Bertz CT molecular complexity index is 2000. The highest BCUT2D eigenvalue weighted by Crippen LogP contribution is 2.55. The Morgan fingerprint density at radius 1 is 0.471 bits per heavy atom. The lowest BCUT2D eigenvalue weighted by atomic mass is 9.76. The van der Waals surface area contributed by atoms with E-state index >= 15 is 0 Å². The molecule has 394 valence electrons. The van der Waals surface area contributed by atoms with Crippen molar-refractivity contribution in [1.29, 1.82) is 0 Å². The van der Waals surface area contributed by atoms with Crippen molar-refractivity contribution in [2.75, 3.05) is 6.61 Å². The summed E-state index contributed by atoms with van der Waals surface area (Å²) in [6, 6.07) is 13.9. The molecule has 3 aromatic carbocycles. The molecule has 4 rings (SSSR count). The van der Waals surface area contributed by atoms with Gasteiger partial charge in [-0.3, -0.25) is 4.79 Å². The topological polar surface area (TPSA) is 54.0 Å². The van der Waals surface area contributed by atoms with Gasteiger partial charge in [0.15, 0.2) is 0 Å². The molecule has 0 N–H and O–H groups in total. The molecule has 0 fully saturated rings. The fourth-order valence-corrected chi connectivity index (χ4v) is 10.7. The number of benzene rings is 3. The zero-order valence-corrected chi connectivity index (χ0v) is 49.5. The average molecular weight is 983 g/mol. The standard InChI is InChI=1S/C64H103O5P/c1-20-21-22-23-24-25-26-27-28-29-30-31-32-33-34-35-38-66-55(65)37-36-46-39-51(61(8,9)10)58(52(40-46)62(11,12)13)69-70-67-56-47(42-49(59(2,3)4)44-53(56)63(14,15)16)41-48-43-50(60(5,6)7)45-54(57(48)68-70)64(17,18)19/h39-40,42-45H,20-38,41H2,1-19H3. The molecule has 0 radical (unpaired) electrons. The minimum atomic E-state index is -2.02. The van der Waals surface area contributed by atoms with Crippen LogP contribution in [0, 0.1) is 0 Å². The van der Waals surface area contributed by atoms with Crippen LogP contribution in [0.3, 0.4) is 0 Å². The summed E-state index contributed by atoms with van der Waals surface area (Å²) in [4.78, 5) is 13.2. The van der Waals surface area contributed by atoms with Crippen LogP contribution in [0.5, 0.6) is 17.2 Å². The predicted molar refractivity (Wildman–Crippen MR) is 302 cm³/mol. The van der Waals surface area contributed by atoms with Crippen molar-refractivity contribution in [2.45, 2.75) is 286 Å². The predicted octanol–water partition coefficient (Wildman–Crippen LogP) is 19.9. The van der Waals surface area contributed by atoms with Gasteiger partial charge in [-0.2, -0.15) is 0 Å². The first kappa shape index (κ1) is 59.5. The summed E-state index contributed by atoms with van der Waals surface area (Å²) in [6.07, 6.45) is 22.9. The minimum absolute atomic E-state index is 0.0607. The first-order valence-corrected chi connectivity index (χ1v) is 29.0. The number of rotatable bonds is 22. The number of unbranched alkanes of at least 4 members (excludes halogenated alkanes) is 15. The number of carbonyl (C=O) groups is 1. The monoisotopic (exact) mass is 983 g/mol. The van der Waals surface area contributed by atoms with Gasteiger partial charge in [0.1, 0.15) is 17.2 Å². The molecule has 1 aliphatic heterocycles. The van der Waals surface area contributed by atoms with Crippen LogP contribution in [0.25, 0.3) is 0 Å². The zero-order valence-electron chi connectivity index (χ0n) is 48.6. The summed E-state index contributed by atoms with van der Waals surface area (Å²) in [7, 11) is -2.02. The summed E-state index contributed by atoms with van der Waals surface area (Å²) in [5, 5.41) is 0. The summed E-state index contributed by atoms with van der Waals surface area (Å²) >= 11 is 0. The molecule has 0 saturated carbocycles. The van der Waals surface area contributed by atoms with Gasteiger partial charge in [-0.1, -0.05) is 264 Å². The number of fused-ring (bicyclic) bond motifs is 2. The lowest BCUT2D eigenvalue weighted by Crippen LogP contribution is -2.24. The zero-order chi connectivity index (χ0) is 52.3. The van der Waals surface area contributed by atoms with Gasteiger partial charge in [-0.05, 0) is 73.1 Å². The highest BCUT2D eigenvalue weighted by atomic mass is 31.2. The number of hydrogen-bond acceptors (Lipinski definition) is 5. The Balaban J connectivity index is 1.56. The van der Waals surface area contributed by atoms with Crippen molar-refractivity contribution < 1.29 is 23.1 Å². The van der Waals surface area contributed by atoms with Crippen molar-refractivity contribution >= 4 is 14.6 Å². The molecule has 0 amide bonds. The minimum Gasteiger partial charge on any atom is -0.466 e. The van der Waals surface area contributed by atoms with Crippen LogP contribution in [0.4, 0.5) is 0 Å². The van der Waals surface area contributed by atoms with Crippen molar-refractivity contribution in [3.05, 3.63) is 86.5 Å². The van der Waals surface area contributed by atoms with Gasteiger partial charge in [0.25, 0.3) is 0 Å². The molecular weight excluding hydrogens is 880 g/mol. The Kier molecular flexibility index (Phi) is 21.5.